The Morgan fingerprint density at radius 1 is 1.44 bits per heavy atom. The molecule has 0 bridgehead atoms. The molecular weight excluding hydrogens is 312 g/mol. The maximum atomic E-state index is 10.2. The molecule has 0 aliphatic carbocycles. The minimum absolute atomic E-state index is 0.531. The summed E-state index contributed by atoms with van der Waals surface area (Å²) in [7, 11) is 1.84. The fourth-order valence-corrected chi connectivity index (χ4v) is 3.34. The molecule has 0 aliphatic rings. The summed E-state index contributed by atoms with van der Waals surface area (Å²) in [4.78, 5) is 1.20. The van der Waals surface area contributed by atoms with E-state index in [0.717, 1.165) is 10.2 Å². The highest BCUT2D eigenvalue weighted by molar-refractivity contribution is 9.10. The number of aromatic nitrogens is 2. The second-order valence-corrected chi connectivity index (χ2v) is 6.01. The SMILES string of the molecule is Cc1ccccc1SCC(O)c1c(Br)cnn1C. The molecule has 2 aromatic rings. The average Bonchev–Trinajstić information content (AvgIpc) is 2.68. The van der Waals surface area contributed by atoms with Crippen molar-refractivity contribution in [3.63, 3.8) is 0 Å². The Labute approximate surface area is 119 Å². The molecule has 0 amide bonds. The number of aliphatic hydroxyl groups excluding tert-OH is 1. The summed E-state index contributed by atoms with van der Waals surface area (Å²) >= 11 is 5.06. The van der Waals surface area contributed by atoms with Gasteiger partial charge in [-0.25, -0.2) is 0 Å². The Kier molecular flexibility index (Phi) is 4.48. The minimum atomic E-state index is -0.531. The Balaban J connectivity index is 2.05. The first kappa shape index (κ1) is 13.6. The lowest BCUT2D eigenvalue weighted by Gasteiger charge is -2.12. The number of hydrogen-bond donors (Lipinski definition) is 1. The number of hydrogen-bond acceptors (Lipinski definition) is 3. The molecule has 1 atom stereocenters. The van der Waals surface area contributed by atoms with E-state index in [4.69, 9.17) is 0 Å². The number of thioether (sulfide) groups is 1. The van der Waals surface area contributed by atoms with Gasteiger partial charge in [0.15, 0.2) is 0 Å². The van der Waals surface area contributed by atoms with E-state index < -0.39 is 6.10 Å². The van der Waals surface area contributed by atoms with Crippen LogP contribution < -0.4 is 0 Å². The van der Waals surface area contributed by atoms with Gasteiger partial charge < -0.3 is 5.11 Å². The molecule has 2 rings (SSSR count). The lowest BCUT2D eigenvalue weighted by atomic mass is 10.2. The number of aliphatic hydroxyl groups is 1. The van der Waals surface area contributed by atoms with Crippen LogP contribution in [0.25, 0.3) is 0 Å². The van der Waals surface area contributed by atoms with Crippen LogP contribution in [0, 0.1) is 6.92 Å². The van der Waals surface area contributed by atoms with E-state index >= 15 is 0 Å². The van der Waals surface area contributed by atoms with Crippen molar-refractivity contribution in [3.05, 3.63) is 46.2 Å². The molecule has 3 nitrogen and oxygen atoms in total. The van der Waals surface area contributed by atoms with Crippen LogP contribution in [0.4, 0.5) is 0 Å². The van der Waals surface area contributed by atoms with E-state index in [-0.39, 0.29) is 0 Å². The van der Waals surface area contributed by atoms with Crippen LogP contribution >= 0.6 is 27.7 Å². The molecule has 1 aromatic heterocycles. The van der Waals surface area contributed by atoms with Gasteiger partial charge in [0.05, 0.1) is 16.4 Å². The molecule has 0 spiro atoms. The molecule has 0 radical (unpaired) electrons. The fraction of sp³-hybridized carbons (Fsp3) is 0.308. The number of aryl methyl sites for hydroxylation is 2. The van der Waals surface area contributed by atoms with Crippen LogP contribution in [0.2, 0.25) is 0 Å². The smallest absolute Gasteiger partial charge is 0.106 e. The summed E-state index contributed by atoms with van der Waals surface area (Å²) in [6.07, 6.45) is 1.17. The molecule has 18 heavy (non-hydrogen) atoms. The molecule has 1 N–H and O–H groups in total. The zero-order valence-corrected chi connectivity index (χ0v) is 12.7. The van der Waals surface area contributed by atoms with Crippen molar-refractivity contribution in [2.45, 2.75) is 17.9 Å². The lowest BCUT2D eigenvalue weighted by molar-refractivity contribution is 0.193. The summed E-state index contributed by atoms with van der Waals surface area (Å²) in [6, 6.07) is 8.19. The van der Waals surface area contributed by atoms with E-state index in [2.05, 4.69) is 40.1 Å². The highest BCUT2D eigenvalue weighted by atomic mass is 79.9. The molecule has 1 unspecified atom stereocenters. The third kappa shape index (κ3) is 2.96. The Hall–Kier alpha value is -0.780. The van der Waals surface area contributed by atoms with E-state index in [1.807, 2.05) is 19.2 Å². The maximum Gasteiger partial charge on any atom is 0.106 e. The normalized spacial score (nSPS) is 12.7. The standard InChI is InChI=1S/C13H15BrN2OS/c1-9-5-3-4-6-12(9)18-8-11(17)13-10(14)7-15-16(13)2/h3-7,11,17H,8H2,1-2H3. The minimum Gasteiger partial charge on any atom is -0.386 e. The van der Waals surface area contributed by atoms with E-state index in [0.29, 0.717) is 5.75 Å². The van der Waals surface area contributed by atoms with Crippen molar-refractivity contribution in [1.82, 2.24) is 9.78 Å². The Morgan fingerprint density at radius 2 is 2.17 bits per heavy atom. The highest BCUT2D eigenvalue weighted by Gasteiger charge is 2.16. The van der Waals surface area contributed by atoms with E-state index in [1.54, 1.807) is 22.6 Å². The van der Waals surface area contributed by atoms with Crippen molar-refractivity contribution in [3.8, 4) is 0 Å². The fourth-order valence-electron chi connectivity index (χ4n) is 1.76. The van der Waals surface area contributed by atoms with Crippen LogP contribution in [-0.2, 0) is 7.05 Å². The summed E-state index contributed by atoms with van der Waals surface area (Å²) < 4.78 is 2.55. The molecule has 0 aliphatic heterocycles. The first-order chi connectivity index (χ1) is 8.59. The first-order valence-corrected chi connectivity index (χ1v) is 7.41. The van der Waals surface area contributed by atoms with Crippen molar-refractivity contribution in [2.75, 3.05) is 5.75 Å². The largest absolute Gasteiger partial charge is 0.386 e. The van der Waals surface area contributed by atoms with Gasteiger partial charge in [-0.05, 0) is 34.5 Å². The molecule has 0 fully saturated rings. The molecular formula is C13H15BrN2OS. The molecule has 1 aromatic carbocycles. The van der Waals surface area contributed by atoms with Gasteiger partial charge in [0, 0.05) is 17.7 Å². The summed E-state index contributed by atoms with van der Waals surface area (Å²) in [5.41, 5.74) is 2.05. The molecule has 96 valence electrons. The van der Waals surface area contributed by atoms with Gasteiger partial charge in [-0.3, -0.25) is 4.68 Å². The Bertz CT molecular complexity index is 522. The third-order valence-corrected chi connectivity index (χ3v) is 4.61. The summed E-state index contributed by atoms with van der Waals surface area (Å²) in [6.45, 7) is 2.08. The van der Waals surface area contributed by atoms with Crippen molar-refractivity contribution in [2.24, 2.45) is 7.05 Å². The van der Waals surface area contributed by atoms with Gasteiger partial charge in [0.2, 0.25) is 0 Å². The third-order valence-electron chi connectivity index (χ3n) is 2.74. The van der Waals surface area contributed by atoms with Crippen LogP contribution in [0.15, 0.2) is 39.8 Å². The van der Waals surface area contributed by atoms with Crippen molar-refractivity contribution >= 4 is 27.7 Å². The monoisotopic (exact) mass is 326 g/mol. The zero-order valence-electron chi connectivity index (χ0n) is 10.3. The van der Waals surface area contributed by atoms with Gasteiger partial charge in [-0.1, -0.05) is 18.2 Å². The zero-order chi connectivity index (χ0) is 13.1. The number of nitrogens with zero attached hydrogens (tertiary/aromatic N) is 2. The number of halogens is 1. The highest BCUT2D eigenvalue weighted by Crippen LogP contribution is 2.29. The van der Waals surface area contributed by atoms with Gasteiger partial charge >= 0.3 is 0 Å². The van der Waals surface area contributed by atoms with Gasteiger partial charge in [0.1, 0.15) is 6.10 Å². The van der Waals surface area contributed by atoms with Crippen molar-refractivity contribution in [1.29, 1.82) is 0 Å². The number of rotatable bonds is 4. The second-order valence-electron chi connectivity index (χ2n) is 4.09. The quantitative estimate of drug-likeness (QED) is 0.876. The molecule has 1 heterocycles. The van der Waals surface area contributed by atoms with Crippen LogP contribution in [0.3, 0.4) is 0 Å². The van der Waals surface area contributed by atoms with E-state index in [1.165, 1.54) is 10.5 Å². The van der Waals surface area contributed by atoms with Crippen LogP contribution in [-0.4, -0.2) is 20.6 Å². The van der Waals surface area contributed by atoms with Crippen LogP contribution in [0.1, 0.15) is 17.4 Å². The molecule has 5 heteroatoms. The maximum absolute atomic E-state index is 10.2. The number of benzene rings is 1. The van der Waals surface area contributed by atoms with Crippen molar-refractivity contribution < 1.29 is 5.11 Å². The van der Waals surface area contributed by atoms with Crippen LogP contribution in [0.5, 0.6) is 0 Å². The first-order valence-electron chi connectivity index (χ1n) is 5.63. The Morgan fingerprint density at radius 3 is 2.78 bits per heavy atom. The lowest BCUT2D eigenvalue weighted by Crippen LogP contribution is -2.08. The topological polar surface area (TPSA) is 38.1 Å². The van der Waals surface area contributed by atoms with Gasteiger partial charge in [-0.15, -0.1) is 11.8 Å². The van der Waals surface area contributed by atoms with Gasteiger partial charge in [0.25, 0.3) is 0 Å². The summed E-state index contributed by atoms with van der Waals surface area (Å²) in [5, 5.41) is 14.3. The van der Waals surface area contributed by atoms with Gasteiger partial charge in [-0.2, -0.15) is 5.10 Å². The van der Waals surface area contributed by atoms with E-state index in [9.17, 15) is 5.11 Å². The average molecular weight is 327 g/mol. The molecule has 0 saturated heterocycles. The molecule has 0 saturated carbocycles. The summed E-state index contributed by atoms with van der Waals surface area (Å²) in [5.74, 6) is 0.614. The second kappa shape index (κ2) is 5.91. The predicted octanol–water partition coefficient (Wildman–Crippen LogP) is 3.32. The predicted molar refractivity (Wildman–Crippen MR) is 77.8 cm³/mol.